The predicted octanol–water partition coefficient (Wildman–Crippen LogP) is 1.78. The molecule has 0 fully saturated rings. The summed E-state index contributed by atoms with van der Waals surface area (Å²) in [7, 11) is 0. The van der Waals surface area contributed by atoms with Gasteiger partial charge in [-0.15, -0.1) is 0 Å². The van der Waals surface area contributed by atoms with Crippen molar-refractivity contribution in [2.45, 2.75) is 26.9 Å². The molecule has 1 aromatic rings. The minimum Gasteiger partial charge on any atom is -0.491 e. The van der Waals surface area contributed by atoms with E-state index in [1.54, 1.807) is 6.07 Å². The highest BCUT2D eigenvalue weighted by atomic mass is 16.5. The number of carbonyl (C=O) groups is 2. The molecule has 16 heavy (non-hydrogen) atoms. The molecular weight excluding hydrogens is 206 g/mol. The lowest BCUT2D eigenvalue weighted by atomic mass is 10.1. The van der Waals surface area contributed by atoms with Crippen molar-refractivity contribution in [1.82, 2.24) is 0 Å². The van der Waals surface area contributed by atoms with Crippen molar-refractivity contribution in [2.24, 2.45) is 5.73 Å². The maximum Gasteiger partial charge on any atom is 0.248 e. The van der Waals surface area contributed by atoms with Gasteiger partial charge in [0.15, 0.2) is 5.78 Å². The average molecular weight is 221 g/mol. The van der Waals surface area contributed by atoms with Gasteiger partial charge in [0.1, 0.15) is 5.75 Å². The molecule has 0 aliphatic heterocycles. The molecule has 4 nitrogen and oxygen atoms in total. The minimum atomic E-state index is -0.572. The van der Waals surface area contributed by atoms with Crippen molar-refractivity contribution in [3.63, 3.8) is 0 Å². The second-order valence-electron chi connectivity index (χ2n) is 3.83. The number of rotatable bonds is 4. The standard InChI is InChI=1S/C12H15NO3/c1-7(2)16-11-5-9(8(3)14)4-10(6-11)12(13)15/h4-7H,1-3H3,(H2,13,15). The Bertz CT molecular complexity index is 392. The molecule has 2 N–H and O–H groups in total. The Kier molecular flexibility index (Phi) is 3.66. The number of hydrogen-bond donors (Lipinski definition) is 1. The SMILES string of the molecule is CC(=O)c1cc(OC(C)C)cc(C(N)=O)c1. The minimum absolute atomic E-state index is 0.0251. The highest BCUT2D eigenvalue weighted by Gasteiger charge is 2.09. The molecule has 0 aromatic heterocycles. The Morgan fingerprint density at radius 2 is 1.75 bits per heavy atom. The van der Waals surface area contributed by atoms with Gasteiger partial charge in [-0.25, -0.2) is 0 Å². The van der Waals surface area contributed by atoms with Gasteiger partial charge in [0.2, 0.25) is 5.91 Å². The van der Waals surface area contributed by atoms with Crippen molar-refractivity contribution >= 4 is 11.7 Å². The van der Waals surface area contributed by atoms with Crippen LogP contribution in [0.2, 0.25) is 0 Å². The predicted molar refractivity (Wildman–Crippen MR) is 60.7 cm³/mol. The number of carbonyl (C=O) groups excluding carboxylic acids is 2. The zero-order chi connectivity index (χ0) is 12.3. The summed E-state index contributed by atoms with van der Waals surface area (Å²) in [6.07, 6.45) is -0.0251. The Morgan fingerprint density at radius 3 is 2.19 bits per heavy atom. The second kappa shape index (κ2) is 4.79. The van der Waals surface area contributed by atoms with E-state index in [1.165, 1.54) is 19.1 Å². The lowest BCUT2D eigenvalue weighted by Crippen LogP contribution is -2.13. The number of hydrogen-bond acceptors (Lipinski definition) is 3. The fourth-order valence-corrected chi connectivity index (χ4v) is 1.28. The summed E-state index contributed by atoms with van der Waals surface area (Å²) in [6, 6.07) is 4.61. The highest BCUT2D eigenvalue weighted by Crippen LogP contribution is 2.19. The van der Waals surface area contributed by atoms with E-state index in [0.29, 0.717) is 11.3 Å². The molecule has 0 spiro atoms. The molecule has 1 aromatic carbocycles. The van der Waals surface area contributed by atoms with Crippen molar-refractivity contribution < 1.29 is 14.3 Å². The number of benzene rings is 1. The number of ketones is 1. The Morgan fingerprint density at radius 1 is 1.19 bits per heavy atom. The molecular formula is C12H15NO3. The molecule has 0 radical (unpaired) electrons. The zero-order valence-corrected chi connectivity index (χ0v) is 9.61. The number of amides is 1. The monoisotopic (exact) mass is 221 g/mol. The first-order valence-electron chi connectivity index (χ1n) is 5.02. The Labute approximate surface area is 94.4 Å². The van der Waals surface area contributed by atoms with Crippen LogP contribution in [0.1, 0.15) is 41.5 Å². The van der Waals surface area contributed by atoms with E-state index in [2.05, 4.69) is 0 Å². The van der Waals surface area contributed by atoms with E-state index in [9.17, 15) is 9.59 Å². The quantitative estimate of drug-likeness (QED) is 0.788. The summed E-state index contributed by atoms with van der Waals surface area (Å²) in [4.78, 5) is 22.3. The van der Waals surface area contributed by atoms with Crippen molar-refractivity contribution in [1.29, 1.82) is 0 Å². The third-order valence-corrected chi connectivity index (χ3v) is 1.97. The molecule has 0 aliphatic carbocycles. The molecule has 0 saturated carbocycles. The van der Waals surface area contributed by atoms with E-state index in [4.69, 9.17) is 10.5 Å². The first-order valence-corrected chi connectivity index (χ1v) is 5.02. The van der Waals surface area contributed by atoms with Gasteiger partial charge in [-0.3, -0.25) is 9.59 Å². The molecule has 1 amide bonds. The third-order valence-electron chi connectivity index (χ3n) is 1.97. The highest BCUT2D eigenvalue weighted by molar-refractivity contribution is 5.99. The first-order chi connectivity index (χ1) is 7.40. The first kappa shape index (κ1) is 12.2. The molecule has 0 atom stereocenters. The summed E-state index contributed by atoms with van der Waals surface area (Å²) < 4.78 is 5.44. The third kappa shape index (κ3) is 3.08. The topological polar surface area (TPSA) is 69.4 Å². The molecule has 1 rings (SSSR count). The van der Waals surface area contributed by atoms with Crippen LogP contribution in [0.4, 0.5) is 0 Å². The van der Waals surface area contributed by atoms with Crippen LogP contribution in [-0.4, -0.2) is 17.8 Å². The molecule has 0 saturated heterocycles. The lowest BCUT2D eigenvalue weighted by molar-refractivity contribution is 0.0999. The largest absolute Gasteiger partial charge is 0.491 e. The molecule has 0 heterocycles. The van der Waals surface area contributed by atoms with Crippen LogP contribution in [0.25, 0.3) is 0 Å². The number of Topliss-reactive ketones (excluding diaryl/α,β-unsaturated/α-hetero) is 1. The molecule has 0 bridgehead atoms. The summed E-state index contributed by atoms with van der Waals surface area (Å²) >= 11 is 0. The molecule has 0 unspecified atom stereocenters. The summed E-state index contributed by atoms with van der Waals surface area (Å²) in [5.74, 6) is -0.218. The fraction of sp³-hybridized carbons (Fsp3) is 0.333. The zero-order valence-electron chi connectivity index (χ0n) is 9.61. The van der Waals surface area contributed by atoms with Crippen LogP contribution in [-0.2, 0) is 0 Å². The van der Waals surface area contributed by atoms with Crippen LogP contribution < -0.4 is 10.5 Å². The van der Waals surface area contributed by atoms with Crippen molar-refractivity contribution in [2.75, 3.05) is 0 Å². The summed E-state index contributed by atoms with van der Waals surface area (Å²) in [5, 5.41) is 0. The molecule has 4 heteroatoms. The fourth-order valence-electron chi connectivity index (χ4n) is 1.28. The maximum absolute atomic E-state index is 11.3. The number of nitrogens with two attached hydrogens (primary N) is 1. The van der Waals surface area contributed by atoms with E-state index >= 15 is 0 Å². The number of primary amides is 1. The maximum atomic E-state index is 11.3. The van der Waals surface area contributed by atoms with Gasteiger partial charge in [-0.1, -0.05) is 0 Å². The van der Waals surface area contributed by atoms with Gasteiger partial charge in [-0.2, -0.15) is 0 Å². The van der Waals surface area contributed by atoms with Crippen LogP contribution in [0.5, 0.6) is 5.75 Å². The smallest absolute Gasteiger partial charge is 0.248 e. The van der Waals surface area contributed by atoms with Gasteiger partial charge in [0, 0.05) is 11.1 Å². The normalized spacial score (nSPS) is 10.2. The van der Waals surface area contributed by atoms with E-state index in [1.807, 2.05) is 13.8 Å². The summed E-state index contributed by atoms with van der Waals surface area (Å²) in [5.41, 5.74) is 5.88. The van der Waals surface area contributed by atoms with Crippen LogP contribution in [0.15, 0.2) is 18.2 Å². The van der Waals surface area contributed by atoms with Gasteiger partial charge < -0.3 is 10.5 Å². The van der Waals surface area contributed by atoms with Crippen LogP contribution >= 0.6 is 0 Å². The summed E-state index contributed by atoms with van der Waals surface area (Å²) in [6.45, 7) is 5.16. The van der Waals surface area contributed by atoms with Crippen molar-refractivity contribution in [3.8, 4) is 5.75 Å². The van der Waals surface area contributed by atoms with Gasteiger partial charge in [0.05, 0.1) is 6.10 Å². The van der Waals surface area contributed by atoms with Crippen molar-refractivity contribution in [3.05, 3.63) is 29.3 Å². The van der Waals surface area contributed by atoms with Crippen LogP contribution in [0, 0.1) is 0 Å². The van der Waals surface area contributed by atoms with E-state index < -0.39 is 5.91 Å². The molecule has 86 valence electrons. The lowest BCUT2D eigenvalue weighted by Gasteiger charge is -2.11. The Hall–Kier alpha value is -1.84. The van der Waals surface area contributed by atoms with Gasteiger partial charge >= 0.3 is 0 Å². The van der Waals surface area contributed by atoms with Gasteiger partial charge in [-0.05, 0) is 39.0 Å². The Balaban J connectivity index is 3.18. The van der Waals surface area contributed by atoms with E-state index in [0.717, 1.165) is 0 Å². The van der Waals surface area contributed by atoms with Gasteiger partial charge in [0.25, 0.3) is 0 Å². The van der Waals surface area contributed by atoms with Crippen LogP contribution in [0.3, 0.4) is 0 Å². The van der Waals surface area contributed by atoms with E-state index in [-0.39, 0.29) is 17.5 Å². The molecule has 0 aliphatic rings. The second-order valence-corrected chi connectivity index (χ2v) is 3.83. The number of ether oxygens (including phenoxy) is 1. The average Bonchev–Trinajstić information content (AvgIpc) is 2.15.